The quantitative estimate of drug-likeness (QED) is 0.712. The Morgan fingerprint density at radius 1 is 1.11 bits per heavy atom. The van der Waals surface area contributed by atoms with Crippen molar-refractivity contribution in [1.82, 2.24) is 4.72 Å². The lowest BCUT2D eigenvalue weighted by atomic mass is 10.1. The molecule has 0 heterocycles. The lowest BCUT2D eigenvalue weighted by molar-refractivity contribution is -0.139. The average molecular weight is 391 g/mol. The van der Waals surface area contributed by atoms with Crippen molar-refractivity contribution in [2.24, 2.45) is 5.92 Å². The van der Waals surface area contributed by atoms with Gasteiger partial charge in [-0.2, -0.15) is 0 Å². The highest BCUT2D eigenvalue weighted by atomic mass is 32.2. The average Bonchev–Trinajstić information content (AvgIpc) is 3.07. The van der Waals surface area contributed by atoms with E-state index >= 15 is 0 Å². The smallest absolute Gasteiger partial charge is 0.341 e. The van der Waals surface area contributed by atoms with Crippen LogP contribution in [0.3, 0.4) is 0 Å². The van der Waals surface area contributed by atoms with Crippen molar-refractivity contribution >= 4 is 16.0 Å². The third-order valence-corrected chi connectivity index (χ3v) is 5.93. The van der Waals surface area contributed by atoms with Crippen molar-refractivity contribution in [3.8, 4) is 11.5 Å². The SMILES string of the molecule is COc1ccc(S(=O)(=O)NCC2Cc3ccc(OCC(=O)O)cc3C2)cc1. The minimum Gasteiger partial charge on any atom is -0.497 e. The van der Waals surface area contributed by atoms with Gasteiger partial charge in [0.15, 0.2) is 6.61 Å². The van der Waals surface area contributed by atoms with Crippen molar-refractivity contribution in [3.05, 3.63) is 53.6 Å². The van der Waals surface area contributed by atoms with Crippen molar-refractivity contribution in [2.45, 2.75) is 17.7 Å². The Morgan fingerprint density at radius 2 is 1.78 bits per heavy atom. The molecule has 1 unspecified atom stereocenters. The van der Waals surface area contributed by atoms with Gasteiger partial charge in [0.25, 0.3) is 0 Å². The summed E-state index contributed by atoms with van der Waals surface area (Å²) in [4.78, 5) is 10.8. The molecule has 0 fully saturated rings. The Hall–Kier alpha value is -2.58. The van der Waals surface area contributed by atoms with Crippen molar-refractivity contribution in [2.75, 3.05) is 20.3 Å². The molecule has 27 heavy (non-hydrogen) atoms. The molecule has 2 N–H and O–H groups in total. The fourth-order valence-electron chi connectivity index (χ4n) is 3.13. The summed E-state index contributed by atoms with van der Waals surface area (Å²) < 4.78 is 37.8. The number of carbonyl (C=O) groups is 1. The highest BCUT2D eigenvalue weighted by molar-refractivity contribution is 7.89. The number of carboxylic acid groups (broad SMARTS) is 1. The standard InChI is InChI=1S/C19H21NO6S/c1-25-16-4-6-18(7-5-16)27(23,24)20-11-13-8-14-2-3-17(10-15(14)9-13)26-12-19(21)22/h2-7,10,13,20H,8-9,11-12H2,1H3,(H,21,22). The second-order valence-electron chi connectivity index (χ2n) is 6.41. The molecule has 0 aromatic heterocycles. The molecular formula is C19H21NO6S. The first-order valence-corrected chi connectivity index (χ1v) is 9.96. The van der Waals surface area contributed by atoms with Crippen LogP contribution in [0.5, 0.6) is 11.5 Å². The van der Waals surface area contributed by atoms with E-state index in [1.54, 1.807) is 18.2 Å². The van der Waals surface area contributed by atoms with Gasteiger partial charge in [0.1, 0.15) is 11.5 Å². The number of hydrogen-bond acceptors (Lipinski definition) is 5. The third-order valence-electron chi connectivity index (χ3n) is 4.49. The van der Waals surface area contributed by atoms with Gasteiger partial charge in [-0.05, 0) is 66.3 Å². The summed E-state index contributed by atoms with van der Waals surface area (Å²) >= 11 is 0. The fraction of sp³-hybridized carbons (Fsp3) is 0.316. The molecule has 0 spiro atoms. The molecule has 0 radical (unpaired) electrons. The highest BCUT2D eigenvalue weighted by Gasteiger charge is 2.24. The number of nitrogens with one attached hydrogen (secondary N) is 1. The number of methoxy groups -OCH3 is 1. The van der Waals surface area contributed by atoms with Gasteiger partial charge in [0.2, 0.25) is 10.0 Å². The molecule has 8 heteroatoms. The van der Waals surface area contributed by atoms with Crippen LogP contribution < -0.4 is 14.2 Å². The molecule has 3 rings (SSSR count). The van der Waals surface area contributed by atoms with Gasteiger partial charge in [0, 0.05) is 6.54 Å². The van der Waals surface area contributed by atoms with Crippen molar-refractivity contribution in [1.29, 1.82) is 0 Å². The van der Waals surface area contributed by atoms with E-state index in [4.69, 9.17) is 14.6 Å². The fourth-order valence-corrected chi connectivity index (χ4v) is 4.25. The third kappa shape index (κ3) is 4.78. The van der Waals surface area contributed by atoms with E-state index in [2.05, 4.69) is 4.72 Å². The first-order chi connectivity index (χ1) is 12.9. The maximum atomic E-state index is 12.4. The normalized spacial score (nSPS) is 16.0. The van der Waals surface area contributed by atoms with Crippen molar-refractivity contribution < 1.29 is 27.8 Å². The molecular weight excluding hydrogens is 370 g/mol. The van der Waals surface area contributed by atoms with E-state index in [0.717, 1.165) is 17.5 Å². The summed E-state index contributed by atoms with van der Waals surface area (Å²) in [5, 5.41) is 8.68. The number of hydrogen-bond donors (Lipinski definition) is 2. The Kier molecular flexibility index (Phi) is 5.67. The van der Waals surface area contributed by atoms with Gasteiger partial charge in [-0.15, -0.1) is 0 Å². The molecule has 2 aromatic carbocycles. The minimum absolute atomic E-state index is 0.141. The lowest BCUT2D eigenvalue weighted by Crippen LogP contribution is -2.29. The summed E-state index contributed by atoms with van der Waals surface area (Å²) in [5.41, 5.74) is 2.19. The molecule has 2 aromatic rings. The zero-order valence-electron chi connectivity index (χ0n) is 14.8. The molecule has 0 aliphatic heterocycles. The van der Waals surface area contributed by atoms with E-state index in [1.807, 2.05) is 12.1 Å². The molecule has 0 saturated carbocycles. The summed E-state index contributed by atoms with van der Waals surface area (Å²) in [7, 11) is -2.06. The van der Waals surface area contributed by atoms with E-state index < -0.39 is 16.0 Å². The predicted molar refractivity (Wildman–Crippen MR) is 98.7 cm³/mol. The Labute approximate surface area is 158 Å². The molecule has 7 nitrogen and oxygen atoms in total. The van der Waals surface area contributed by atoms with Crippen LogP contribution in [-0.2, 0) is 27.7 Å². The minimum atomic E-state index is -3.58. The van der Waals surface area contributed by atoms with Gasteiger partial charge in [0.05, 0.1) is 12.0 Å². The van der Waals surface area contributed by atoms with E-state index in [0.29, 0.717) is 24.5 Å². The molecule has 0 saturated heterocycles. The van der Waals surface area contributed by atoms with Gasteiger partial charge < -0.3 is 14.6 Å². The zero-order valence-corrected chi connectivity index (χ0v) is 15.7. The van der Waals surface area contributed by atoms with Crippen LogP contribution in [0.25, 0.3) is 0 Å². The highest BCUT2D eigenvalue weighted by Crippen LogP contribution is 2.30. The Morgan fingerprint density at radius 3 is 2.44 bits per heavy atom. The van der Waals surface area contributed by atoms with Crippen LogP contribution in [0.2, 0.25) is 0 Å². The first kappa shape index (κ1) is 19.2. The number of ether oxygens (including phenoxy) is 2. The number of benzene rings is 2. The second kappa shape index (κ2) is 7.98. The van der Waals surface area contributed by atoms with Crippen LogP contribution in [0.15, 0.2) is 47.4 Å². The number of aliphatic carboxylic acids is 1. The lowest BCUT2D eigenvalue weighted by Gasteiger charge is -2.11. The molecule has 144 valence electrons. The maximum Gasteiger partial charge on any atom is 0.341 e. The monoisotopic (exact) mass is 391 g/mol. The van der Waals surface area contributed by atoms with Crippen molar-refractivity contribution in [3.63, 3.8) is 0 Å². The van der Waals surface area contributed by atoms with Gasteiger partial charge in [-0.1, -0.05) is 6.07 Å². The van der Waals surface area contributed by atoms with E-state index in [-0.39, 0.29) is 17.4 Å². The first-order valence-electron chi connectivity index (χ1n) is 8.47. The number of rotatable bonds is 8. The molecule has 1 atom stereocenters. The predicted octanol–water partition coefficient (Wildman–Crippen LogP) is 1.85. The zero-order chi connectivity index (χ0) is 19.4. The largest absolute Gasteiger partial charge is 0.497 e. The van der Waals surface area contributed by atoms with Gasteiger partial charge in [-0.3, -0.25) is 0 Å². The van der Waals surface area contributed by atoms with Gasteiger partial charge >= 0.3 is 5.97 Å². The summed E-state index contributed by atoms with van der Waals surface area (Å²) in [5.74, 6) is 0.223. The van der Waals surface area contributed by atoms with E-state index in [1.165, 1.54) is 19.2 Å². The number of sulfonamides is 1. The molecule has 0 amide bonds. The number of carboxylic acids is 1. The van der Waals surface area contributed by atoms with Crippen LogP contribution >= 0.6 is 0 Å². The van der Waals surface area contributed by atoms with Crippen LogP contribution in [0.4, 0.5) is 0 Å². The van der Waals surface area contributed by atoms with Crippen LogP contribution in [0, 0.1) is 5.92 Å². The summed E-state index contributed by atoms with van der Waals surface area (Å²) in [6.07, 6.45) is 1.48. The molecule has 1 aliphatic carbocycles. The second-order valence-corrected chi connectivity index (χ2v) is 8.18. The topological polar surface area (TPSA) is 102 Å². The number of fused-ring (bicyclic) bond motifs is 1. The summed E-state index contributed by atoms with van der Waals surface area (Å²) in [6, 6.07) is 11.7. The van der Waals surface area contributed by atoms with E-state index in [9.17, 15) is 13.2 Å². The Balaban J connectivity index is 1.59. The van der Waals surface area contributed by atoms with Crippen LogP contribution in [0.1, 0.15) is 11.1 Å². The van der Waals surface area contributed by atoms with Gasteiger partial charge in [-0.25, -0.2) is 17.9 Å². The van der Waals surface area contributed by atoms with Crippen LogP contribution in [-0.4, -0.2) is 39.8 Å². The molecule has 0 bridgehead atoms. The Bertz CT molecular complexity index is 924. The summed E-state index contributed by atoms with van der Waals surface area (Å²) in [6.45, 7) is -0.0573. The maximum absolute atomic E-state index is 12.4. The molecule has 1 aliphatic rings.